The Balaban J connectivity index is 2.21. The van der Waals surface area contributed by atoms with E-state index in [4.69, 9.17) is 9.39 Å². The van der Waals surface area contributed by atoms with Gasteiger partial charge in [0.05, 0.1) is 30.0 Å². The maximum atomic E-state index is 10.3. The van der Waals surface area contributed by atoms with Crippen LogP contribution in [0.3, 0.4) is 0 Å². The van der Waals surface area contributed by atoms with Crippen LogP contribution in [0, 0.1) is 11.3 Å². The highest BCUT2D eigenvalue weighted by molar-refractivity contribution is 6.60. The molecule has 1 saturated heterocycles. The van der Waals surface area contributed by atoms with Crippen molar-refractivity contribution in [2.75, 3.05) is 31.2 Å². The first-order valence-electron chi connectivity index (χ1n) is 7.97. The van der Waals surface area contributed by atoms with Gasteiger partial charge in [-0.2, -0.15) is 5.26 Å². The smallest absolute Gasteiger partial charge is 0.423 e. The zero-order chi connectivity index (χ0) is 18.0. The van der Waals surface area contributed by atoms with Gasteiger partial charge in [0, 0.05) is 24.7 Å². The third kappa shape index (κ3) is 4.05. The Kier molecular flexibility index (Phi) is 5.50. The molecule has 0 unspecified atom stereocenters. The van der Waals surface area contributed by atoms with E-state index in [1.807, 2.05) is 4.90 Å². The quantitative estimate of drug-likeness (QED) is 0.734. The van der Waals surface area contributed by atoms with Crippen LogP contribution in [0.5, 0.6) is 0 Å². The average Bonchev–Trinajstić information content (AvgIpc) is 2.53. The van der Waals surface area contributed by atoms with Crippen molar-refractivity contribution in [1.82, 2.24) is 4.98 Å². The number of pyridine rings is 1. The van der Waals surface area contributed by atoms with E-state index in [1.165, 1.54) is 6.20 Å². The van der Waals surface area contributed by atoms with E-state index in [9.17, 15) is 15.4 Å². The van der Waals surface area contributed by atoms with Crippen molar-refractivity contribution in [3.63, 3.8) is 0 Å². The fraction of sp³-hybridized carbons (Fsp3) is 0.625. The molecule has 130 valence electrons. The number of hydrogen-bond acceptors (Lipinski definition) is 7. The molecule has 24 heavy (non-hydrogen) atoms. The van der Waals surface area contributed by atoms with Crippen molar-refractivity contribution in [2.45, 2.75) is 38.9 Å². The first-order valence-corrected chi connectivity index (χ1v) is 7.97. The molecule has 1 aliphatic rings. The van der Waals surface area contributed by atoms with Gasteiger partial charge in [0.2, 0.25) is 0 Å². The van der Waals surface area contributed by atoms with Crippen LogP contribution in [0.1, 0.15) is 33.3 Å². The molecule has 0 saturated carbocycles. The number of hydrogen-bond donors (Lipinski definition) is 2. The Labute approximate surface area is 143 Å². The van der Waals surface area contributed by atoms with E-state index in [0.717, 1.165) is 0 Å². The zero-order valence-corrected chi connectivity index (χ0v) is 14.6. The first kappa shape index (κ1) is 18.7. The molecule has 0 amide bonds. The normalized spacial score (nSPS) is 16.0. The summed E-state index contributed by atoms with van der Waals surface area (Å²) in [6.07, 6.45) is 1.50. The number of aliphatic hydroxyl groups is 1. The molecule has 0 spiro atoms. The molecule has 1 aromatic heterocycles. The third-order valence-electron chi connectivity index (χ3n) is 4.48. The van der Waals surface area contributed by atoms with Crippen LogP contribution in [-0.2, 0) is 9.39 Å². The summed E-state index contributed by atoms with van der Waals surface area (Å²) in [6.45, 7) is 9.14. The van der Waals surface area contributed by atoms with E-state index < -0.39 is 18.3 Å². The number of aromatic nitrogens is 1. The van der Waals surface area contributed by atoms with Crippen molar-refractivity contribution >= 4 is 18.4 Å². The number of morpholine rings is 1. The van der Waals surface area contributed by atoms with Crippen LogP contribution in [0.2, 0.25) is 0 Å². The summed E-state index contributed by atoms with van der Waals surface area (Å²) in [4.78, 5) is 6.32. The molecule has 2 rings (SSSR count). The number of rotatable bonds is 5. The Morgan fingerprint density at radius 2 is 1.96 bits per heavy atom. The Morgan fingerprint density at radius 3 is 2.50 bits per heavy atom. The second kappa shape index (κ2) is 7.07. The molecule has 0 atom stereocenters. The molecular formula is C16H24BN3O4. The highest BCUT2D eigenvalue weighted by atomic mass is 16.5. The summed E-state index contributed by atoms with van der Waals surface area (Å²) < 4.78 is 10.9. The van der Waals surface area contributed by atoms with Crippen LogP contribution in [-0.4, -0.2) is 59.7 Å². The van der Waals surface area contributed by atoms with Gasteiger partial charge in [0.15, 0.2) is 0 Å². The fourth-order valence-corrected chi connectivity index (χ4v) is 2.21. The summed E-state index contributed by atoms with van der Waals surface area (Å²) in [5.74, 6) is 0.582. The monoisotopic (exact) mass is 333 g/mol. The minimum Gasteiger partial charge on any atom is -0.423 e. The first-order chi connectivity index (χ1) is 11.2. The molecule has 0 radical (unpaired) electrons. The Hall–Kier alpha value is -1.66. The van der Waals surface area contributed by atoms with E-state index in [0.29, 0.717) is 43.1 Å². The zero-order valence-electron chi connectivity index (χ0n) is 14.6. The van der Waals surface area contributed by atoms with Crippen molar-refractivity contribution in [1.29, 1.82) is 5.26 Å². The van der Waals surface area contributed by atoms with Gasteiger partial charge in [-0.05, 0) is 33.8 Å². The average molecular weight is 333 g/mol. The van der Waals surface area contributed by atoms with Gasteiger partial charge in [0.1, 0.15) is 11.9 Å². The minimum atomic E-state index is -1.29. The SMILES string of the molecule is CC(C)(O)C(C)(C)OB(O)c1cnc(N2CCOCC2)c(C#N)c1. The van der Waals surface area contributed by atoms with Crippen LogP contribution in [0.4, 0.5) is 5.82 Å². The third-order valence-corrected chi connectivity index (χ3v) is 4.48. The van der Waals surface area contributed by atoms with Gasteiger partial charge < -0.3 is 24.4 Å². The second-order valence-corrected chi connectivity index (χ2v) is 6.89. The van der Waals surface area contributed by atoms with Crippen molar-refractivity contribution in [3.8, 4) is 6.07 Å². The van der Waals surface area contributed by atoms with E-state index in [-0.39, 0.29) is 0 Å². The van der Waals surface area contributed by atoms with E-state index >= 15 is 0 Å². The van der Waals surface area contributed by atoms with Crippen molar-refractivity contribution < 1.29 is 19.5 Å². The lowest BCUT2D eigenvalue weighted by molar-refractivity contribution is -0.0982. The lowest BCUT2D eigenvalue weighted by Crippen LogP contribution is -2.53. The second-order valence-electron chi connectivity index (χ2n) is 6.89. The van der Waals surface area contributed by atoms with Crippen LogP contribution >= 0.6 is 0 Å². The molecule has 1 aromatic rings. The Bertz CT molecular complexity index is 619. The summed E-state index contributed by atoms with van der Waals surface area (Å²) in [7, 11) is -1.29. The summed E-state index contributed by atoms with van der Waals surface area (Å²) in [5, 5.41) is 29.9. The van der Waals surface area contributed by atoms with Gasteiger partial charge in [-0.25, -0.2) is 4.98 Å². The van der Waals surface area contributed by atoms with Crippen molar-refractivity contribution in [3.05, 3.63) is 17.8 Å². The largest absolute Gasteiger partial charge is 0.493 e. The highest BCUT2D eigenvalue weighted by Crippen LogP contribution is 2.25. The number of ether oxygens (including phenoxy) is 1. The molecule has 1 fully saturated rings. The number of anilines is 1. The lowest BCUT2D eigenvalue weighted by Gasteiger charge is -2.38. The fourth-order valence-electron chi connectivity index (χ4n) is 2.21. The lowest BCUT2D eigenvalue weighted by atomic mass is 9.77. The minimum absolute atomic E-state index is 0.373. The number of nitrogens with zero attached hydrogens (tertiary/aromatic N) is 3. The van der Waals surface area contributed by atoms with E-state index in [2.05, 4.69) is 11.1 Å². The molecular weight excluding hydrogens is 309 g/mol. The standard InChI is InChI=1S/C16H24BN3O4/c1-15(2,21)16(3,4)24-17(22)13-9-12(10-18)14(19-11-13)20-5-7-23-8-6-20/h9,11,21-22H,5-8H2,1-4H3. The molecule has 8 heteroatoms. The number of nitriles is 1. The molecule has 2 N–H and O–H groups in total. The van der Waals surface area contributed by atoms with Crippen LogP contribution in [0.15, 0.2) is 12.3 Å². The molecule has 0 aromatic carbocycles. The van der Waals surface area contributed by atoms with Gasteiger partial charge >= 0.3 is 7.12 Å². The highest BCUT2D eigenvalue weighted by Gasteiger charge is 2.39. The predicted octanol–water partition coefficient (Wildman–Crippen LogP) is 0.0435. The van der Waals surface area contributed by atoms with Crippen LogP contribution < -0.4 is 10.4 Å². The van der Waals surface area contributed by atoms with Crippen LogP contribution in [0.25, 0.3) is 0 Å². The molecule has 0 bridgehead atoms. The summed E-state index contributed by atoms with van der Waals surface area (Å²) in [5.41, 5.74) is -1.38. The maximum absolute atomic E-state index is 10.3. The Morgan fingerprint density at radius 1 is 1.33 bits per heavy atom. The van der Waals surface area contributed by atoms with Crippen molar-refractivity contribution in [2.24, 2.45) is 0 Å². The summed E-state index contributed by atoms with van der Waals surface area (Å²) in [6, 6.07) is 3.69. The molecule has 0 aliphatic carbocycles. The predicted molar refractivity (Wildman–Crippen MR) is 91.1 cm³/mol. The molecule has 7 nitrogen and oxygen atoms in total. The van der Waals surface area contributed by atoms with Gasteiger partial charge in [0.25, 0.3) is 0 Å². The van der Waals surface area contributed by atoms with Gasteiger partial charge in [-0.15, -0.1) is 0 Å². The summed E-state index contributed by atoms with van der Waals surface area (Å²) >= 11 is 0. The topological polar surface area (TPSA) is 98.8 Å². The molecule has 1 aliphatic heterocycles. The molecule has 2 heterocycles. The van der Waals surface area contributed by atoms with Gasteiger partial charge in [-0.3, -0.25) is 0 Å². The maximum Gasteiger partial charge on any atom is 0.493 e. The van der Waals surface area contributed by atoms with E-state index in [1.54, 1.807) is 33.8 Å². The van der Waals surface area contributed by atoms with Gasteiger partial charge in [-0.1, -0.05) is 0 Å².